The number of pyridine rings is 1. The lowest BCUT2D eigenvalue weighted by molar-refractivity contribution is -0.272. The summed E-state index contributed by atoms with van der Waals surface area (Å²) in [4.78, 5) is 12.4. The number of ether oxygens (including phenoxy) is 1. The number of hydrogen-bond acceptors (Lipinski definition) is 5. The van der Waals surface area contributed by atoms with Crippen LogP contribution < -0.4 is 5.32 Å². The molecule has 1 fully saturated rings. The Kier molecular flexibility index (Phi) is 4.06. The van der Waals surface area contributed by atoms with Crippen molar-refractivity contribution in [1.29, 1.82) is 0 Å². The molecule has 0 bridgehead atoms. The first-order chi connectivity index (χ1) is 11.1. The molecule has 3 heterocycles. The first-order valence-electron chi connectivity index (χ1n) is 7.12. The van der Waals surface area contributed by atoms with E-state index in [4.69, 9.17) is 4.74 Å². The number of carbonyl (C=O) groups is 1. The Hall–Kier alpha value is -1.70. The van der Waals surface area contributed by atoms with Crippen LogP contribution in [0.25, 0.3) is 5.65 Å². The molecule has 11 heteroatoms. The van der Waals surface area contributed by atoms with Crippen molar-refractivity contribution < 1.29 is 22.7 Å². The number of fused-ring (bicyclic) bond motifs is 1. The van der Waals surface area contributed by atoms with Crippen molar-refractivity contribution in [2.75, 3.05) is 5.32 Å². The Morgan fingerprint density at radius 2 is 2.21 bits per heavy atom. The van der Waals surface area contributed by atoms with Crippen molar-refractivity contribution in [3.8, 4) is 0 Å². The van der Waals surface area contributed by atoms with E-state index in [9.17, 15) is 18.0 Å². The van der Waals surface area contributed by atoms with Crippen LogP contribution in [0.3, 0.4) is 0 Å². The highest BCUT2D eigenvalue weighted by Gasteiger charge is 2.63. The van der Waals surface area contributed by atoms with Gasteiger partial charge in [0, 0.05) is 18.0 Å². The molecule has 7 nitrogen and oxygen atoms in total. The smallest absolute Gasteiger partial charge is 0.354 e. The molecule has 0 aliphatic carbocycles. The van der Waals surface area contributed by atoms with Crippen LogP contribution in [0.4, 0.5) is 18.9 Å². The molecule has 2 aromatic heterocycles. The van der Waals surface area contributed by atoms with E-state index in [1.54, 1.807) is 6.07 Å². The number of halogens is 3. The minimum absolute atomic E-state index is 0.372. The Morgan fingerprint density at radius 3 is 2.83 bits per heavy atom. The Bertz CT molecular complexity index is 782. The fraction of sp³-hybridized carbons (Fsp3) is 0.538. The summed E-state index contributed by atoms with van der Waals surface area (Å²) in [5.74, 6) is -1.53. The lowest BCUT2D eigenvalue weighted by atomic mass is 9.88. The molecule has 1 N–H and O–H groups in total. The number of nitrogens with one attached hydrogen (secondary N) is 1. The number of aromatic nitrogens is 4. The number of nitrogens with zero attached hydrogens (tertiary/aromatic N) is 4. The fourth-order valence-electron chi connectivity index (χ4n) is 2.66. The van der Waals surface area contributed by atoms with Crippen LogP contribution in [-0.4, -0.2) is 60.1 Å². The van der Waals surface area contributed by atoms with E-state index < -0.39 is 34.5 Å². The van der Waals surface area contributed by atoms with Gasteiger partial charge in [0.05, 0.1) is 0 Å². The normalized spacial score (nSPS) is 30.6. The predicted molar refractivity (Wildman–Crippen MR) is 77.4 cm³/mol. The molecule has 1 aliphatic rings. The SMILES string of the molecule is C[C@H]1[C@@H]([Al])[C@H](C(=O)Nc2ccn3nnnc3c2)O[C@@]1(C)C(F)(F)F. The van der Waals surface area contributed by atoms with Crippen molar-refractivity contribution in [3.05, 3.63) is 18.3 Å². The largest absolute Gasteiger partial charge is 0.417 e. The van der Waals surface area contributed by atoms with Crippen molar-refractivity contribution >= 4 is 33.5 Å². The molecular formula is C13H13AlF3N5O2. The molecule has 2 aromatic rings. The number of carbonyl (C=O) groups excluding carboxylic acids is 1. The summed E-state index contributed by atoms with van der Waals surface area (Å²) >= 11 is 2.28. The van der Waals surface area contributed by atoms with Crippen molar-refractivity contribution in [2.45, 2.75) is 36.5 Å². The first-order valence-corrected chi connectivity index (χ1v) is 7.79. The van der Waals surface area contributed by atoms with Gasteiger partial charge in [-0.15, -0.1) is 5.10 Å². The third-order valence-corrected chi connectivity index (χ3v) is 5.38. The minimum atomic E-state index is -4.57. The lowest BCUT2D eigenvalue weighted by Gasteiger charge is -2.31. The van der Waals surface area contributed by atoms with Gasteiger partial charge in [0.25, 0.3) is 5.91 Å². The van der Waals surface area contributed by atoms with Gasteiger partial charge in [-0.1, -0.05) is 11.7 Å². The number of hydrogen-bond donors (Lipinski definition) is 1. The molecule has 24 heavy (non-hydrogen) atoms. The molecule has 0 saturated carbocycles. The molecule has 2 radical (unpaired) electrons. The van der Waals surface area contributed by atoms with Crippen LogP contribution in [0.1, 0.15) is 13.8 Å². The zero-order chi connectivity index (χ0) is 17.7. The quantitative estimate of drug-likeness (QED) is 0.823. The number of tetrazole rings is 1. The summed E-state index contributed by atoms with van der Waals surface area (Å²) in [7, 11) is 0. The molecule has 4 atom stereocenters. The fourth-order valence-corrected chi connectivity index (χ4v) is 3.28. The van der Waals surface area contributed by atoms with Gasteiger partial charge >= 0.3 is 6.18 Å². The summed E-state index contributed by atoms with van der Waals surface area (Å²) in [5, 5.41) is 13.4. The topological polar surface area (TPSA) is 81.4 Å². The molecular weight excluding hydrogens is 342 g/mol. The standard InChI is InChI=1S/C13H13F3N5O2.Al/c1-7-5-9(23-12(7,2)13(14,15)16)11(22)17-8-3-4-21-10(6-8)18-19-20-21;/h3-7,9H,1-2H3,(H,17,22);/t7-,9+,12+;/m0./s1. The van der Waals surface area contributed by atoms with Gasteiger partial charge in [-0.25, -0.2) is 4.52 Å². The zero-order valence-corrected chi connectivity index (χ0v) is 13.9. The third-order valence-electron chi connectivity index (χ3n) is 4.45. The minimum Gasteiger partial charge on any atom is -0.354 e. The average Bonchev–Trinajstić information content (AvgIpc) is 3.05. The van der Waals surface area contributed by atoms with Gasteiger partial charge in [0.1, 0.15) is 22.4 Å². The maximum Gasteiger partial charge on any atom is 0.417 e. The average molecular weight is 355 g/mol. The second-order valence-electron chi connectivity index (χ2n) is 5.90. The van der Waals surface area contributed by atoms with Crippen molar-refractivity contribution in [3.63, 3.8) is 0 Å². The van der Waals surface area contributed by atoms with Gasteiger partial charge in [-0.3, -0.25) is 4.79 Å². The van der Waals surface area contributed by atoms with Crippen LogP contribution in [0.2, 0.25) is 4.78 Å². The number of anilines is 1. The van der Waals surface area contributed by atoms with E-state index in [1.165, 1.54) is 23.7 Å². The van der Waals surface area contributed by atoms with E-state index in [-0.39, 0.29) is 0 Å². The van der Waals surface area contributed by atoms with Crippen LogP contribution in [-0.2, 0) is 9.53 Å². The number of alkyl halides is 3. The maximum absolute atomic E-state index is 13.3. The molecule has 1 aliphatic heterocycles. The van der Waals surface area contributed by atoms with Crippen LogP contribution in [0.5, 0.6) is 0 Å². The Balaban J connectivity index is 1.80. The van der Waals surface area contributed by atoms with E-state index in [1.807, 2.05) is 0 Å². The van der Waals surface area contributed by atoms with Crippen LogP contribution in [0, 0.1) is 5.92 Å². The molecule has 0 unspecified atom stereocenters. The third kappa shape index (κ3) is 2.66. The molecule has 0 spiro atoms. The van der Waals surface area contributed by atoms with E-state index in [0.717, 1.165) is 6.92 Å². The van der Waals surface area contributed by atoms with Gasteiger partial charge in [0.2, 0.25) is 0 Å². The molecule has 0 aromatic carbocycles. The summed E-state index contributed by atoms with van der Waals surface area (Å²) in [6.07, 6.45) is -4.27. The number of amides is 1. The highest BCUT2D eigenvalue weighted by Crippen LogP contribution is 2.51. The van der Waals surface area contributed by atoms with Crippen LogP contribution >= 0.6 is 0 Å². The Labute approximate surface area is 143 Å². The maximum atomic E-state index is 13.3. The van der Waals surface area contributed by atoms with Gasteiger partial charge in [0.15, 0.2) is 11.2 Å². The monoisotopic (exact) mass is 355 g/mol. The highest BCUT2D eigenvalue weighted by molar-refractivity contribution is 6.16. The molecule has 1 saturated heterocycles. The highest BCUT2D eigenvalue weighted by atomic mass is 27.0. The second-order valence-corrected chi connectivity index (χ2v) is 6.67. The van der Waals surface area contributed by atoms with Gasteiger partial charge < -0.3 is 10.1 Å². The Morgan fingerprint density at radius 1 is 1.50 bits per heavy atom. The molecule has 126 valence electrons. The van der Waals surface area contributed by atoms with Crippen LogP contribution in [0.15, 0.2) is 18.3 Å². The summed E-state index contributed by atoms with van der Waals surface area (Å²) < 4.78 is 45.7. The summed E-state index contributed by atoms with van der Waals surface area (Å²) in [6.45, 7) is 2.39. The van der Waals surface area contributed by atoms with Crippen molar-refractivity contribution in [1.82, 2.24) is 20.0 Å². The van der Waals surface area contributed by atoms with E-state index in [0.29, 0.717) is 11.3 Å². The molecule has 1 amide bonds. The lowest BCUT2D eigenvalue weighted by Crippen LogP contribution is -2.47. The first kappa shape index (κ1) is 17.1. The van der Waals surface area contributed by atoms with E-state index in [2.05, 4.69) is 37.1 Å². The zero-order valence-electron chi connectivity index (χ0n) is 12.8. The second kappa shape index (κ2) is 5.68. The summed E-state index contributed by atoms with van der Waals surface area (Å²) in [5.41, 5.74) is -1.60. The van der Waals surface area contributed by atoms with E-state index >= 15 is 0 Å². The van der Waals surface area contributed by atoms with Crippen molar-refractivity contribution in [2.24, 2.45) is 5.92 Å². The van der Waals surface area contributed by atoms with Gasteiger partial charge in [-0.05, 0) is 29.3 Å². The summed E-state index contributed by atoms with van der Waals surface area (Å²) in [6, 6.07) is 3.05. The number of rotatable bonds is 2. The van der Waals surface area contributed by atoms with Gasteiger partial charge in [-0.2, -0.15) is 13.2 Å². The predicted octanol–water partition coefficient (Wildman–Crippen LogP) is 1.38. The molecule has 3 rings (SSSR count).